The van der Waals surface area contributed by atoms with Crippen molar-refractivity contribution in [3.63, 3.8) is 0 Å². The summed E-state index contributed by atoms with van der Waals surface area (Å²) in [7, 11) is 1.36. The van der Waals surface area contributed by atoms with Gasteiger partial charge in [0.1, 0.15) is 22.0 Å². The Balaban J connectivity index is 1.72. The summed E-state index contributed by atoms with van der Waals surface area (Å²) in [6, 6.07) is 9.77. The first kappa shape index (κ1) is 24.2. The van der Waals surface area contributed by atoms with Crippen LogP contribution in [0.4, 0.5) is 6.01 Å². The number of carbonyl (C=O) groups excluding carboxylic acids is 1. The quantitative estimate of drug-likeness (QED) is 0.430. The van der Waals surface area contributed by atoms with E-state index in [1.54, 1.807) is 18.2 Å². The van der Waals surface area contributed by atoms with Gasteiger partial charge in [0.15, 0.2) is 5.58 Å². The van der Waals surface area contributed by atoms with Crippen LogP contribution in [0.15, 0.2) is 34.7 Å². The predicted molar refractivity (Wildman–Crippen MR) is 131 cm³/mol. The van der Waals surface area contributed by atoms with Gasteiger partial charge in [-0.05, 0) is 75.7 Å². The fraction of sp³-hybridized carbons (Fsp3) is 0.440. The molecule has 0 bridgehead atoms. The Bertz CT molecular complexity index is 1120. The molecule has 0 radical (unpaired) electrons. The minimum absolute atomic E-state index is 0.233. The van der Waals surface area contributed by atoms with Crippen LogP contribution in [-0.4, -0.2) is 50.4 Å². The Morgan fingerprint density at radius 1 is 1.15 bits per heavy atom. The van der Waals surface area contributed by atoms with E-state index in [-0.39, 0.29) is 6.04 Å². The van der Waals surface area contributed by atoms with Crippen LogP contribution in [0.1, 0.15) is 42.6 Å². The number of methoxy groups -OCH3 is 1. The molecule has 2 aromatic carbocycles. The van der Waals surface area contributed by atoms with Crippen LogP contribution in [0.5, 0.6) is 11.5 Å². The minimum atomic E-state index is -0.414. The fourth-order valence-electron chi connectivity index (χ4n) is 4.19. The number of carbonyl (C=O) groups is 1. The first-order valence-corrected chi connectivity index (χ1v) is 12.0. The van der Waals surface area contributed by atoms with E-state index in [4.69, 9.17) is 35.2 Å². The molecule has 0 unspecified atom stereocenters. The van der Waals surface area contributed by atoms with E-state index in [1.807, 2.05) is 26.0 Å². The largest absolute Gasteiger partial charge is 0.492 e. The lowest BCUT2D eigenvalue weighted by Gasteiger charge is -2.33. The second-order valence-corrected chi connectivity index (χ2v) is 8.43. The number of ether oxygens (including phenoxy) is 3. The molecular formula is C25H30ClN3O5. The van der Waals surface area contributed by atoms with Gasteiger partial charge in [-0.3, -0.25) is 0 Å². The molecule has 0 amide bonds. The molecule has 8 nitrogen and oxygen atoms in total. The van der Waals surface area contributed by atoms with Gasteiger partial charge in [0.05, 0.1) is 25.9 Å². The number of hydrogen-bond donors (Lipinski definition) is 1. The van der Waals surface area contributed by atoms with E-state index >= 15 is 0 Å². The standard InChI is InChI=1S/C25H30ClN3O5/c1-4-32-21-12-16(13-22(23(21)26)33-5-2)15-29(18-8-10-27-11-9-18)25-28-19-7-6-17(24(30)31-3)14-20(19)34-25/h6-7,12-14,18,27H,4-5,8-11,15H2,1-3H3. The number of oxazole rings is 1. The third-order valence-corrected chi connectivity index (χ3v) is 6.18. The third-order valence-electron chi connectivity index (χ3n) is 5.81. The number of halogens is 1. The van der Waals surface area contributed by atoms with E-state index in [1.165, 1.54) is 7.11 Å². The van der Waals surface area contributed by atoms with Gasteiger partial charge < -0.3 is 28.8 Å². The molecule has 34 heavy (non-hydrogen) atoms. The van der Waals surface area contributed by atoms with Crippen molar-refractivity contribution in [2.75, 3.05) is 38.3 Å². The Labute approximate surface area is 204 Å². The summed E-state index contributed by atoms with van der Waals surface area (Å²) >= 11 is 6.51. The van der Waals surface area contributed by atoms with Crippen molar-refractivity contribution in [2.24, 2.45) is 0 Å². The van der Waals surface area contributed by atoms with Gasteiger partial charge in [-0.25, -0.2) is 4.79 Å². The highest BCUT2D eigenvalue weighted by Gasteiger charge is 2.26. The second-order valence-electron chi connectivity index (χ2n) is 8.05. The number of benzene rings is 2. The molecule has 4 rings (SSSR count). The van der Waals surface area contributed by atoms with Gasteiger partial charge in [-0.15, -0.1) is 0 Å². The van der Waals surface area contributed by atoms with E-state index in [9.17, 15) is 4.79 Å². The molecule has 1 aromatic heterocycles. The summed E-state index contributed by atoms with van der Waals surface area (Å²) in [5.74, 6) is 0.773. The molecule has 3 aromatic rings. The molecular weight excluding hydrogens is 458 g/mol. The first-order valence-electron chi connectivity index (χ1n) is 11.6. The third kappa shape index (κ3) is 5.23. The van der Waals surface area contributed by atoms with Gasteiger partial charge in [0.25, 0.3) is 6.01 Å². The molecule has 0 saturated carbocycles. The highest BCUT2D eigenvalue weighted by Crippen LogP contribution is 2.37. The summed E-state index contributed by atoms with van der Waals surface area (Å²) in [6.45, 7) is 7.22. The summed E-state index contributed by atoms with van der Waals surface area (Å²) in [5, 5.41) is 3.88. The van der Waals surface area contributed by atoms with E-state index < -0.39 is 5.97 Å². The number of hydrogen-bond acceptors (Lipinski definition) is 8. The maximum Gasteiger partial charge on any atom is 0.337 e. The van der Waals surface area contributed by atoms with Crippen LogP contribution in [-0.2, 0) is 11.3 Å². The topological polar surface area (TPSA) is 86.1 Å². The highest BCUT2D eigenvalue weighted by atomic mass is 35.5. The van der Waals surface area contributed by atoms with E-state index in [0.717, 1.165) is 31.5 Å². The molecule has 0 atom stereocenters. The van der Waals surface area contributed by atoms with Crippen molar-refractivity contribution < 1.29 is 23.4 Å². The number of fused-ring (bicyclic) bond motifs is 1. The summed E-state index contributed by atoms with van der Waals surface area (Å²) < 4.78 is 22.5. The van der Waals surface area contributed by atoms with Crippen molar-refractivity contribution in [3.05, 3.63) is 46.5 Å². The zero-order valence-corrected chi connectivity index (χ0v) is 20.5. The number of aromatic nitrogens is 1. The Morgan fingerprint density at radius 2 is 1.82 bits per heavy atom. The van der Waals surface area contributed by atoms with Crippen molar-refractivity contribution in [1.29, 1.82) is 0 Å². The lowest BCUT2D eigenvalue weighted by atomic mass is 10.0. The normalized spacial score (nSPS) is 14.2. The molecule has 0 spiro atoms. The molecule has 2 heterocycles. The lowest BCUT2D eigenvalue weighted by Crippen LogP contribution is -2.43. The summed E-state index contributed by atoms with van der Waals surface area (Å²) in [5.41, 5.74) is 2.62. The van der Waals surface area contributed by atoms with Gasteiger partial charge in [-0.2, -0.15) is 4.98 Å². The Hall–Kier alpha value is -2.97. The number of nitrogens with zero attached hydrogens (tertiary/aromatic N) is 2. The average Bonchev–Trinajstić information content (AvgIpc) is 3.28. The molecule has 9 heteroatoms. The monoisotopic (exact) mass is 487 g/mol. The molecule has 1 aliphatic rings. The number of esters is 1. The molecule has 1 saturated heterocycles. The highest BCUT2D eigenvalue weighted by molar-refractivity contribution is 6.33. The first-order chi connectivity index (χ1) is 16.5. The molecule has 1 fully saturated rings. The van der Waals surface area contributed by atoms with Crippen molar-refractivity contribution >= 4 is 34.7 Å². The van der Waals surface area contributed by atoms with Gasteiger partial charge in [0, 0.05) is 12.6 Å². The fourth-order valence-corrected chi connectivity index (χ4v) is 4.41. The Morgan fingerprint density at radius 3 is 2.44 bits per heavy atom. The van der Waals surface area contributed by atoms with Crippen molar-refractivity contribution in [3.8, 4) is 11.5 Å². The molecule has 0 aliphatic carbocycles. The van der Waals surface area contributed by atoms with E-state index in [0.29, 0.717) is 59.0 Å². The predicted octanol–water partition coefficient (Wildman–Crippen LogP) is 4.82. The molecule has 1 aliphatic heterocycles. The molecule has 1 N–H and O–H groups in total. The number of rotatable bonds is 9. The smallest absolute Gasteiger partial charge is 0.337 e. The number of piperidine rings is 1. The summed E-state index contributed by atoms with van der Waals surface area (Å²) in [6.07, 6.45) is 1.91. The van der Waals surface area contributed by atoms with Gasteiger partial charge in [0.2, 0.25) is 0 Å². The van der Waals surface area contributed by atoms with Gasteiger partial charge >= 0.3 is 5.97 Å². The van der Waals surface area contributed by atoms with Crippen LogP contribution in [0, 0.1) is 0 Å². The average molecular weight is 488 g/mol. The van der Waals surface area contributed by atoms with Crippen LogP contribution >= 0.6 is 11.6 Å². The van der Waals surface area contributed by atoms with Crippen LogP contribution in [0.2, 0.25) is 5.02 Å². The number of nitrogens with one attached hydrogen (secondary N) is 1. The van der Waals surface area contributed by atoms with E-state index in [2.05, 4.69) is 10.2 Å². The van der Waals surface area contributed by atoms with Crippen LogP contribution < -0.4 is 19.7 Å². The van der Waals surface area contributed by atoms with Crippen molar-refractivity contribution in [1.82, 2.24) is 10.3 Å². The number of anilines is 1. The van der Waals surface area contributed by atoms with Crippen LogP contribution in [0.3, 0.4) is 0 Å². The lowest BCUT2D eigenvalue weighted by molar-refractivity contribution is 0.0600. The van der Waals surface area contributed by atoms with Crippen molar-refractivity contribution in [2.45, 2.75) is 39.3 Å². The zero-order valence-electron chi connectivity index (χ0n) is 19.7. The minimum Gasteiger partial charge on any atom is -0.492 e. The zero-order chi connectivity index (χ0) is 24.1. The molecule has 182 valence electrons. The SMILES string of the molecule is CCOc1cc(CN(c2nc3ccc(C(=O)OC)cc3o2)C2CCNCC2)cc(OCC)c1Cl. The van der Waals surface area contributed by atoms with Crippen LogP contribution in [0.25, 0.3) is 11.1 Å². The maximum atomic E-state index is 11.9. The summed E-state index contributed by atoms with van der Waals surface area (Å²) in [4.78, 5) is 18.9. The second kappa shape index (κ2) is 11.0. The maximum absolute atomic E-state index is 11.9. The van der Waals surface area contributed by atoms with Gasteiger partial charge in [-0.1, -0.05) is 11.6 Å². The Kier molecular flexibility index (Phi) is 7.80.